The SMILES string of the molecule is O=C(O)c1ccccc1-n1cnc(-c2ccccc2)c1. The van der Waals surface area contributed by atoms with Gasteiger partial charge in [0.1, 0.15) is 0 Å². The van der Waals surface area contributed by atoms with Crippen LogP contribution in [0.5, 0.6) is 0 Å². The quantitative estimate of drug-likeness (QED) is 0.790. The number of para-hydroxylation sites is 1. The Labute approximate surface area is 116 Å². The minimum absolute atomic E-state index is 0.254. The fourth-order valence-electron chi connectivity index (χ4n) is 2.09. The van der Waals surface area contributed by atoms with E-state index in [1.54, 1.807) is 29.1 Å². The zero-order chi connectivity index (χ0) is 13.9. The average Bonchev–Trinajstić information content (AvgIpc) is 2.98. The predicted molar refractivity (Wildman–Crippen MR) is 76.0 cm³/mol. The normalized spacial score (nSPS) is 10.4. The van der Waals surface area contributed by atoms with Crippen LogP contribution >= 0.6 is 0 Å². The van der Waals surface area contributed by atoms with E-state index in [1.807, 2.05) is 42.6 Å². The predicted octanol–water partition coefficient (Wildman–Crippen LogP) is 3.24. The minimum atomic E-state index is -0.949. The van der Waals surface area contributed by atoms with Crippen molar-refractivity contribution < 1.29 is 9.90 Å². The first-order valence-corrected chi connectivity index (χ1v) is 6.18. The van der Waals surface area contributed by atoms with Crippen molar-refractivity contribution in [1.29, 1.82) is 0 Å². The van der Waals surface area contributed by atoms with Crippen LogP contribution < -0.4 is 0 Å². The standard InChI is InChI=1S/C16H12N2O2/c19-16(20)13-8-4-5-9-15(13)18-10-14(17-11-18)12-6-2-1-3-7-12/h1-11H,(H,19,20). The van der Waals surface area contributed by atoms with Crippen LogP contribution in [0.2, 0.25) is 0 Å². The van der Waals surface area contributed by atoms with Crippen molar-refractivity contribution in [3.05, 3.63) is 72.7 Å². The molecule has 0 spiro atoms. The summed E-state index contributed by atoms with van der Waals surface area (Å²) in [6.45, 7) is 0. The van der Waals surface area contributed by atoms with E-state index in [9.17, 15) is 9.90 Å². The van der Waals surface area contributed by atoms with Gasteiger partial charge in [-0.2, -0.15) is 0 Å². The van der Waals surface area contributed by atoms with Gasteiger partial charge >= 0.3 is 5.97 Å². The number of carboxylic acid groups (broad SMARTS) is 1. The molecule has 4 nitrogen and oxygen atoms in total. The summed E-state index contributed by atoms with van der Waals surface area (Å²) in [5.74, 6) is -0.949. The molecule has 0 aliphatic heterocycles. The van der Waals surface area contributed by atoms with Crippen LogP contribution in [-0.2, 0) is 0 Å². The van der Waals surface area contributed by atoms with Crippen molar-refractivity contribution in [2.75, 3.05) is 0 Å². The maximum atomic E-state index is 11.2. The van der Waals surface area contributed by atoms with Gasteiger partial charge < -0.3 is 9.67 Å². The summed E-state index contributed by atoms with van der Waals surface area (Å²) in [4.78, 5) is 15.6. The number of hydrogen-bond acceptors (Lipinski definition) is 2. The second-order valence-electron chi connectivity index (χ2n) is 4.35. The Bertz CT molecular complexity index is 748. The first-order chi connectivity index (χ1) is 9.75. The second-order valence-corrected chi connectivity index (χ2v) is 4.35. The molecule has 2 aromatic carbocycles. The molecule has 0 radical (unpaired) electrons. The van der Waals surface area contributed by atoms with Gasteiger partial charge in [0, 0.05) is 11.8 Å². The van der Waals surface area contributed by atoms with E-state index in [0.29, 0.717) is 5.69 Å². The molecule has 3 rings (SSSR count). The number of nitrogens with zero attached hydrogens (tertiary/aromatic N) is 2. The zero-order valence-electron chi connectivity index (χ0n) is 10.6. The molecule has 0 fully saturated rings. The van der Waals surface area contributed by atoms with E-state index in [4.69, 9.17) is 0 Å². The van der Waals surface area contributed by atoms with Crippen LogP contribution in [0.3, 0.4) is 0 Å². The van der Waals surface area contributed by atoms with Gasteiger partial charge in [-0.3, -0.25) is 0 Å². The monoisotopic (exact) mass is 264 g/mol. The lowest BCUT2D eigenvalue weighted by molar-refractivity contribution is 0.0697. The molecular formula is C16H12N2O2. The van der Waals surface area contributed by atoms with E-state index in [0.717, 1.165) is 11.3 Å². The average molecular weight is 264 g/mol. The third-order valence-electron chi connectivity index (χ3n) is 3.06. The van der Waals surface area contributed by atoms with Crippen molar-refractivity contribution in [3.8, 4) is 16.9 Å². The minimum Gasteiger partial charge on any atom is -0.478 e. The number of rotatable bonds is 3. The number of carboxylic acids is 1. The van der Waals surface area contributed by atoms with Gasteiger partial charge in [-0.15, -0.1) is 0 Å². The van der Waals surface area contributed by atoms with Crippen LogP contribution in [0.4, 0.5) is 0 Å². The molecule has 1 heterocycles. The Hall–Kier alpha value is -2.88. The maximum absolute atomic E-state index is 11.2. The van der Waals surface area contributed by atoms with Gasteiger partial charge in [-0.25, -0.2) is 9.78 Å². The largest absolute Gasteiger partial charge is 0.478 e. The van der Waals surface area contributed by atoms with Crippen molar-refractivity contribution in [3.63, 3.8) is 0 Å². The topological polar surface area (TPSA) is 55.1 Å². The Morgan fingerprint density at radius 1 is 1.00 bits per heavy atom. The first kappa shape index (κ1) is 12.2. The molecule has 1 aromatic heterocycles. The van der Waals surface area contributed by atoms with E-state index in [2.05, 4.69) is 4.98 Å². The molecule has 0 saturated heterocycles. The molecule has 0 amide bonds. The fraction of sp³-hybridized carbons (Fsp3) is 0. The Morgan fingerprint density at radius 2 is 1.70 bits per heavy atom. The van der Waals surface area contributed by atoms with Gasteiger partial charge in [-0.05, 0) is 12.1 Å². The van der Waals surface area contributed by atoms with Crippen molar-refractivity contribution in [1.82, 2.24) is 9.55 Å². The highest BCUT2D eigenvalue weighted by atomic mass is 16.4. The lowest BCUT2D eigenvalue weighted by Crippen LogP contribution is -2.03. The number of hydrogen-bond donors (Lipinski definition) is 1. The number of aromatic carboxylic acids is 1. The first-order valence-electron chi connectivity index (χ1n) is 6.18. The molecular weight excluding hydrogens is 252 g/mol. The van der Waals surface area contributed by atoms with Crippen LogP contribution in [0.1, 0.15) is 10.4 Å². The van der Waals surface area contributed by atoms with E-state index < -0.39 is 5.97 Å². The molecule has 4 heteroatoms. The summed E-state index contributed by atoms with van der Waals surface area (Å²) >= 11 is 0. The fourth-order valence-corrected chi connectivity index (χ4v) is 2.09. The summed E-state index contributed by atoms with van der Waals surface area (Å²) in [7, 11) is 0. The van der Waals surface area contributed by atoms with E-state index in [-0.39, 0.29) is 5.56 Å². The lowest BCUT2D eigenvalue weighted by Gasteiger charge is -2.05. The van der Waals surface area contributed by atoms with Crippen LogP contribution in [0.25, 0.3) is 16.9 Å². The van der Waals surface area contributed by atoms with Gasteiger partial charge in [-0.1, -0.05) is 42.5 Å². The summed E-state index contributed by atoms with van der Waals surface area (Å²) in [5.41, 5.74) is 2.67. The van der Waals surface area contributed by atoms with Crippen molar-refractivity contribution in [2.24, 2.45) is 0 Å². The smallest absolute Gasteiger partial charge is 0.337 e. The molecule has 0 aliphatic carbocycles. The molecule has 1 N–H and O–H groups in total. The van der Waals surface area contributed by atoms with Gasteiger partial charge in [0.15, 0.2) is 0 Å². The molecule has 0 atom stereocenters. The lowest BCUT2D eigenvalue weighted by atomic mass is 10.1. The highest BCUT2D eigenvalue weighted by Crippen LogP contribution is 2.20. The number of benzene rings is 2. The maximum Gasteiger partial charge on any atom is 0.337 e. The third kappa shape index (κ3) is 2.19. The zero-order valence-corrected chi connectivity index (χ0v) is 10.6. The number of aromatic nitrogens is 2. The summed E-state index contributed by atoms with van der Waals surface area (Å²) in [6.07, 6.45) is 3.46. The molecule has 0 saturated carbocycles. The number of imidazole rings is 1. The van der Waals surface area contributed by atoms with Crippen LogP contribution in [0.15, 0.2) is 67.1 Å². The van der Waals surface area contributed by atoms with Crippen LogP contribution in [0, 0.1) is 0 Å². The number of carbonyl (C=O) groups is 1. The molecule has 3 aromatic rings. The third-order valence-corrected chi connectivity index (χ3v) is 3.06. The highest BCUT2D eigenvalue weighted by Gasteiger charge is 2.11. The molecule has 0 unspecified atom stereocenters. The van der Waals surface area contributed by atoms with Gasteiger partial charge in [0.25, 0.3) is 0 Å². The van der Waals surface area contributed by atoms with Gasteiger partial charge in [0.2, 0.25) is 0 Å². The van der Waals surface area contributed by atoms with Crippen molar-refractivity contribution in [2.45, 2.75) is 0 Å². The molecule has 20 heavy (non-hydrogen) atoms. The highest BCUT2D eigenvalue weighted by molar-refractivity contribution is 5.91. The molecule has 0 aliphatic rings. The summed E-state index contributed by atoms with van der Waals surface area (Å²) < 4.78 is 1.73. The van der Waals surface area contributed by atoms with E-state index >= 15 is 0 Å². The summed E-state index contributed by atoms with van der Waals surface area (Å²) in [6, 6.07) is 16.6. The Morgan fingerprint density at radius 3 is 2.45 bits per heavy atom. The van der Waals surface area contributed by atoms with Crippen LogP contribution in [-0.4, -0.2) is 20.6 Å². The second kappa shape index (κ2) is 5.01. The Kier molecular flexibility index (Phi) is 3.05. The molecule has 98 valence electrons. The Balaban J connectivity index is 2.05. The van der Waals surface area contributed by atoms with Gasteiger partial charge in [0.05, 0.1) is 23.3 Å². The van der Waals surface area contributed by atoms with E-state index in [1.165, 1.54) is 0 Å². The van der Waals surface area contributed by atoms with Crippen molar-refractivity contribution >= 4 is 5.97 Å². The molecule has 0 bridgehead atoms. The summed E-state index contributed by atoms with van der Waals surface area (Å²) in [5, 5.41) is 9.22.